The number of carbonyl (C=O) groups is 2. The number of rotatable bonds is 6. The van der Waals surface area contributed by atoms with Gasteiger partial charge in [-0.3, -0.25) is 4.79 Å². The Kier molecular flexibility index (Phi) is 7.21. The number of nitrogens with one attached hydrogen (secondary N) is 2. The van der Waals surface area contributed by atoms with Crippen LogP contribution in [0.4, 0.5) is 4.79 Å². The number of fused-ring (bicyclic) bond motifs is 1. The molecule has 0 unspecified atom stereocenters. The normalized spacial score (nSPS) is 20.0. The number of amides is 2. The van der Waals surface area contributed by atoms with Crippen molar-refractivity contribution in [2.45, 2.75) is 63.6 Å². The van der Waals surface area contributed by atoms with Crippen LogP contribution in [0.15, 0.2) is 9.98 Å². The number of methoxy groups -OCH3 is 2. The zero-order valence-corrected chi connectivity index (χ0v) is 21.0. The van der Waals surface area contributed by atoms with Gasteiger partial charge in [0.25, 0.3) is 0 Å². The number of H-pyrrole nitrogens is 1. The molecule has 1 fully saturated rings. The van der Waals surface area contributed by atoms with Gasteiger partial charge in [0.15, 0.2) is 0 Å². The largest absolute Gasteiger partial charge is 0.453 e. The summed E-state index contributed by atoms with van der Waals surface area (Å²) in [6.07, 6.45) is 7.06. The molecule has 4 rings (SSSR count). The van der Waals surface area contributed by atoms with Gasteiger partial charge in [-0.2, -0.15) is 0 Å². The Morgan fingerprint density at radius 3 is 2.75 bits per heavy atom. The van der Waals surface area contributed by atoms with Crippen LogP contribution in [-0.4, -0.2) is 59.8 Å². The Labute approximate surface area is 200 Å². The van der Waals surface area contributed by atoms with Crippen molar-refractivity contribution in [1.29, 1.82) is 0 Å². The number of alkyl carbamates (subject to hydrolysis) is 1. The molecule has 2 amide bonds. The van der Waals surface area contributed by atoms with Crippen molar-refractivity contribution in [2.75, 3.05) is 20.8 Å². The zero-order chi connectivity index (χ0) is 22.8. The molecule has 1 saturated heterocycles. The fourth-order valence-corrected chi connectivity index (χ4v) is 6.63. The summed E-state index contributed by atoms with van der Waals surface area (Å²) in [6.45, 7) is 2.36. The number of imidazole rings is 1. The summed E-state index contributed by atoms with van der Waals surface area (Å²) >= 11 is 5.49. The summed E-state index contributed by atoms with van der Waals surface area (Å²) in [5, 5.41) is 2.62. The number of nitrogens with zero attached hydrogens (tertiary/aromatic N) is 2. The van der Waals surface area contributed by atoms with Crippen molar-refractivity contribution in [1.82, 2.24) is 20.2 Å². The predicted molar refractivity (Wildman–Crippen MR) is 126 cm³/mol. The highest BCUT2D eigenvalue weighted by Crippen LogP contribution is 2.43. The molecule has 174 valence electrons. The predicted octanol–water partition coefficient (Wildman–Crippen LogP) is 4.20. The van der Waals surface area contributed by atoms with Gasteiger partial charge in [-0.1, -0.05) is 0 Å². The second-order valence-corrected chi connectivity index (χ2v) is 10.6. The monoisotopic (exact) mass is 524 g/mol. The maximum absolute atomic E-state index is 13.4. The van der Waals surface area contributed by atoms with E-state index in [1.54, 1.807) is 23.2 Å². The minimum Gasteiger partial charge on any atom is -0.453 e. The van der Waals surface area contributed by atoms with Gasteiger partial charge in [0.1, 0.15) is 11.9 Å². The SMILES string of the molecule is COC(=O)N[C@H](C(=O)N1CCC[C@H]1c1ncc(-c2sc(Br)c3c2CCCC3)[nH]1)[C@@H](C)OC. The molecular formula is C22H29BrN4O4S. The summed E-state index contributed by atoms with van der Waals surface area (Å²) in [5.41, 5.74) is 3.84. The summed E-state index contributed by atoms with van der Waals surface area (Å²) in [5.74, 6) is 0.586. The first-order valence-corrected chi connectivity index (χ1v) is 12.6. The van der Waals surface area contributed by atoms with E-state index in [1.807, 2.05) is 6.20 Å². The van der Waals surface area contributed by atoms with E-state index in [9.17, 15) is 9.59 Å². The Morgan fingerprint density at radius 1 is 1.28 bits per heavy atom. The lowest BCUT2D eigenvalue weighted by atomic mass is 9.93. The lowest BCUT2D eigenvalue weighted by molar-refractivity contribution is -0.137. The molecule has 0 saturated carbocycles. The highest BCUT2D eigenvalue weighted by molar-refractivity contribution is 9.11. The fraction of sp³-hybridized carbons (Fsp3) is 0.591. The molecular weight excluding hydrogens is 496 g/mol. The Bertz CT molecular complexity index is 991. The van der Waals surface area contributed by atoms with Crippen molar-refractivity contribution in [3.05, 3.63) is 26.9 Å². The number of halogens is 1. The van der Waals surface area contributed by atoms with E-state index in [2.05, 4.69) is 31.2 Å². The van der Waals surface area contributed by atoms with Crippen molar-refractivity contribution in [3.63, 3.8) is 0 Å². The number of ether oxygens (including phenoxy) is 2. The third-order valence-corrected chi connectivity index (χ3v) is 8.49. The van der Waals surface area contributed by atoms with Gasteiger partial charge in [-0.15, -0.1) is 11.3 Å². The maximum atomic E-state index is 13.4. The molecule has 3 heterocycles. The van der Waals surface area contributed by atoms with Gasteiger partial charge in [-0.25, -0.2) is 9.78 Å². The van der Waals surface area contributed by atoms with Gasteiger partial charge < -0.3 is 24.7 Å². The molecule has 0 radical (unpaired) electrons. The number of carbonyl (C=O) groups excluding carboxylic acids is 2. The molecule has 0 spiro atoms. The second-order valence-electron chi connectivity index (χ2n) is 8.30. The van der Waals surface area contributed by atoms with Crippen LogP contribution in [0.2, 0.25) is 0 Å². The second kappa shape index (κ2) is 9.93. The first-order valence-electron chi connectivity index (χ1n) is 11.0. The highest BCUT2D eigenvalue weighted by atomic mass is 79.9. The van der Waals surface area contributed by atoms with Crippen molar-refractivity contribution < 1.29 is 19.1 Å². The number of aromatic amines is 1. The standard InChI is InChI=1S/C22H29BrN4O4S/c1-12(30-2)17(26-22(29)31-3)21(28)27-10-6-9-16(27)20-24-11-15(25-20)18-13-7-4-5-8-14(13)19(23)32-18/h11-12,16-17H,4-10H2,1-3H3,(H,24,25)(H,26,29)/t12-,16+,17+/m1/s1. The smallest absolute Gasteiger partial charge is 0.407 e. The Balaban J connectivity index is 1.57. The van der Waals surface area contributed by atoms with E-state index >= 15 is 0 Å². The van der Waals surface area contributed by atoms with Gasteiger partial charge in [0, 0.05) is 13.7 Å². The van der Waals surface area contributed by atoms with E-state index < -0.39 is 18.2 Å². The molecule has 1 aliphatic carbocycles. The van der Waals surface area contributed by atoms with Crippen molar-refractivity contribution in [2.24, 2.45) is 0 Å². The van der Waals surface area contributed by atoms with E-state index in [4.69, 9.17) is 9.47 Å². The number of hydrogen-bond donors (Lipinski definition) is 2. The number of likely N-dealkylation sites (tertiary alicyclic amines) is 1. The van der Waals surface area contributed by atoms with Crippen LogP contribution in [-0.2, 0) is 27.1 Å². The summed E-state index contributed by atoms with van der Waals surface area (Å²) < 4.78 is 11.3. The van der Waals surface area contributed by atoms with Crippen LogP contribution >= 0.6 is 27.3 Å². The maximum Gasteiger partial charge on any atom is 0.407 e. The van der Waals surface area contributed by atoms with Crippen LogP contribution in [0.3, 0.4) is 0 Å². The molecule has 2 aromatic heterocycles. The molecule has 1 aliphatic heterocycles. The molecule has 0 bridgehead atoms. The van der Waals surface area contributed by atoms with Gasteiger partial charge in [-0.05, 0) is 72.5 Å². The van der Waals surface area contributed by atoms with Crippen LogP contribution in [0.1, 0.15) is 55.6 Å². The number of thiophene rings is 1. The molecule has 0 aromatic carbocycles. The summed E-state index contributed by atoms with van der Waals surface area (Å²) in [6, 6.07) is -0.996. The van der Waals surface area contributed by atoms with Crippen LogP contribution in [0.5, 0.6) is 0 Å². The van der Waals surface area contributed by atoms with Crippen molar-refractivity contribution in [3.8, 4) is 10.6 Å². The molecule has 2 N–H and O–H groups in total. The highest BCUT2D eigenvalue weighted by Gasteiger charge is 2.38. The average Bonchev–Trinajstić information content (AvgIpc) is 3.55. The zero-order valence-electron chi connectivity index (χ0n) is 18.6. The van der Waals surface area contributed by atoms with Crippen LogP contribution in [0.25, 0.3) is 10.6 Å². The molecule has 32 heavy (non-hydrogen) atoms. The molecule has 3 atom stereocenters. The quantitative estimate of drug-likeness (QED) is 0.590. The first-order chi connectivity index (χ1) is 15.4. The Morgan fingerprint density at radius 2 is 2.03 bits per heavy atom. The molecule has 8 nitrogen and oxygen atoms in total. The van der Waals surface area contributed by atoms with Crippen LogP contribution < -0.4 is 5.32 Å². The molecule has 2 aromatic rings. The number of hydrogen-bond acceptors (Lipinski definition) is 6. The van der Waals surface area contributed by atoms with E-state index in [0.717, 1.165) is 37.2 Å². The minimum atomic E-state index is -0.831. The van der Waals surface area contributed by atoms with Gasteiger partial charge in [0.2, 0.25) is 5.91 Å². The molecule has 10 heteroatoms. The summed E-state index contributed by atoms with van der Waals surface area (Å²) in [4.78, 5) is 36.4. The Hall–Kier alpha value is -1.91. The van der Waals surface area contributed by atoms with E-state index in [0.29, 0.717) is 6.54 Å². The number of aromatic nitrogens is 2. The third kappa shape index (κ3) is 4.45. The van der Waals surface area contributed by atoms with Gasteiger partial charge in [0.05, 0.1) is 39.8 Å². The average molecular weight is 525 g/mol. The molecule has 2 aliphatic rings. The van der Waals surface area contributed by atoms with Crippen molar-refractivity contribution >= 4 is 39.3 Å². The van der Waals surface area contributed by atoms with E-state index in [1.165, 1.54) is 46.9 Å². The summed E-state index contributed by atoms with van der Waals surface area (Å²) in [7, 11) is 2.79. The fourth-order valence-electron chi connectivity index (χ4n) is 4.62. The lowest BCUT2D eigenvalue weighted by Gasteiger charge is -2.30. The van der Waals surface area contributed by atoms with Crippen LogP contribution in [0, 0.1) is 0 Å². The van der Waals surface area contributed by atoms with E-state index in [-0.39, 0.29) is 11.9 Å². The lowest BCUT2D eigenvalue weighted by Crippen LogP contribution is -2.54. The third-order valence-electron chi connectivity index (χ3n) is 6.43. The minimum absolute atomic E-state index is 0.165. The first kappa shape index (κ1) is 23.3. The topological polar surface area (TPSA) is 96.5 Å². The van der Waals surface area contributed by atoms with Gasteiger partial charge >= 0.3 is 6.09 Å².